The normalized spacial score (nSPS) is 11.7. The molecule has 0 saturated carbocycles. The van der Waals surface area contributed by atoms with Gasteiger partial charge in [0.15, 0.2) is 0 Å². The topological polar surface area (TPSA) is 49.7 Å². The van der Waals surface area contributed by atoms with Crippen LogP contribution in [0.4, 0.5) is 4.79 Å². The van der Waals surface area contributed by atoms with Crippen LogP contribution in [0.3, 0.4) is 0 Å². The maximum Gasteiger partial charge on any atom is 0.318 e. The van der Waals surface area contributed by atoms with Crippen molar-refractivity contribution in [2.24, 2.45) is 4.99 Å². The second-order valence-corrected chi connectivity index (χ2v) is 4.32. The SMILES string of the molecule is CCCCCCN(C(=O)Cl)C(CCC)N=C=O. The number of unbranched alkanes of at least 4 members (excludes halogenated alkanes) is 3. The van der Waals surface area contributed by atoms with Crippen LogP contribution in [0.1, 0.15) is 52.4 Å². The molecule has 4 nitrogen and oxygen atoms in total. The maximum absolute atomic E-state index is 11.3. The van der Waals surface area contributed by atoms with Crippen molar-refractivity contribution in [3.63, 3.8) is 0 Å². The zero-order valence-electron chi connectivity index (χ0n) is 10.6. The molecule has 0 aromatic heterocycles. The molecule has 0 radical (unpaired) electrons. The summed E-state index contributed by atoms with van der Waals surface area (Å²) < 4.78 is 0. The molecule has 0 spiro atoms. The summed E-state index contributed by atoms with van der Waals surface area (Å²) in [5.41, 5.74) is 0. The smallest absolute Gasteiger partial charge is 0.306 e. The van der Waals surface area contributed by atoms with Gasteiger partial charge in [0.2, 0.25) is 6.08 Å². The number of amides is 1. The summed E-state index contributed by atoms with van der Waals surface area (Å²) in [5, 5.41) is -0.543. The van der Waals surface area contributed by atoms with Crippen LogP contribution in [0.5, 0.6) is 0 Å². The predicted octanol–water partition coefficient (Wildman–Crippen LogP) is 3.69. The Morgan fingerprint density at radius 3 is 2.47 bits per heavy atom. The molecule has 0 aromatic carbocycles. The first-order chi connectivity index (χ1) is 8.17. The van der Waals surface area contributed by atoms with Gasteiger partial charge in [0.1, 0.15) is 6.17 Å². The fraction of sp³-hybridized carbons (Fsp3) is 0.833. The molecule has 17 heavy (non-hydrogen) atoms. The van der Waals surface area contributed by atoms with Gasteiger partial charge in [-0.2, -0.15) is 4.99 Å². The van der Waals surface area contributed by atoms with Crippen molar-refractivity contribution in [3.05, 3.63) is 0 Å². The molecular formula is C12H21ClN2O2. The molecule has 0 rings (SSSR count). The summed E-state index contributed by atoms with van der Waals surface area (Å²) in [6, 6.07) is 0. The van der Waals surface area contributed by atoms with Gasteiger partial charge in [-0.3, -0.25) is 4.79 Å². The van der Waals surface area contributed by atoms with Crippen LogP contribution < -0.4 is 0 Å². The summed E-state index contributed by atoms with van der Waals surface area (Å²) in [4.78, 5) is 26.7. The van der Waals surface area contributed by atoms with E-state index in [9.17, 15) is 9.59 Å². The van der Waals surface area contributed by atoms with Gasteiger partial charge in [-0.15, -0.1) is 0 Å². The van der Waals surface area contributed by atoms with Crippen LogP contribution in [0.15, 0.2) is 4.99 Å². The van der Waals surface area contributed by atoms with E-state index in [0.717, 1.165) is 32.1 Å². The number of nitrogens with zero attached hydrogens (tertiary/aromatic N) is 2. The van der Waals surface area contributed by atoms with Gasteiger partial charge in [0.25, 0.3) is 0 Å². The Morgan fingerprint density at radius 1 is 1.29 bits per heavy atom. The highest BCUT2D eigenvalue weighted by atomic mass is 35.5. The molecule has 5 heteroatoms. The van der Waals surface area contributed by atoms with Crippen LogP contribution in [-0.4, -0.2) is 29.1 Å². The number of hydrogen-bond acceptors (Lipinski definition) is 3. The average Bonchev–Trinajstić information content (AvgIpc) is 2.28. The van der Waals surface area contributed by atoms with Gasteiger partial charge in [-0.05, 0) is 24.4 Å². The minimum absolute atomic E-state index is 0.455. The van der Waals surface area contributed by atoms with Crippen molar-refractivity contribution < 1.29 is 9.59 Å². The zero-order valence-corrected chi connectivity index (χ0v) is 11.4. The third-order valence-electron chi connectivity index (χ3n) is 2.59. The van der Waals surface area contributed by atoms with Crippen molar-refractivity contribution in [1.82, 2.24) is 4.90 Å². The van der Waals surface area contributed by atoms with Crippen LogP contribution >= 0.6 is 11.6 Å². The molecule has 0 heterocycles. The minimum atomic E-state index is -0.543. The second-order valence-electron chi connectivity index (χ2n) is 4.00. The van der Waals surface area contributed by atoms with E-state index < -0.39 is 11.5 Å². The Balaban J connectivity index is 4.35. The van der Waals surface area contributed by atoms with Crippen LogP contribution in [-0.2, 0) is 4.79 Å². The quantitative estimate of drug-likeness (QED) is 0.209. The maximum atomic E-state index is 11.3. The summed E-state index contributed by atoms with van der Waals surface area (Å²) in [6.07, 6.45) is 6.76. The first-order valence-electron chi connectivity index (χ1n) is 6.20. The highest BCUT2D eigenvalue weighted by molar-refractivity contribution is 6.62. The van der Waals surface area contributed by atoms with Crippen molar-refractivity contribution in [2.75, 3.05) is 6.54 Å². The third-order valence-corrected chi connectivity index (χ3v) is 2.80. The molecule has 0 aromatic rings. The van der Waals surface area contributed by atoms with Crippen LogP contribution in [0, 0.1) is 0 Å². The molecule has 0 saturated heterocycles. The first-order valence-corrected chi connectivity index (χ1v) is 6.58. The molecule has 0 bridgehead atoms. The lowest BCUT2D eigenvalue weighted by Gasteiger charge is -2.25. The Morgan fingerprint density at radius 2 is 2.00 bits per heavy atom. The van der Waals surface area contributed by atoms with Gasteiger partial charge < -0.3 is 4.90 Å². The average molecular weight is 261 g/mol. The van der Waals surface area contributed by atoms with E-state index in [4.69, 9.17) is 11.6 Å². The molecule has 0 aliphatic heterocycles. The van der Waals surface area contributed by atoms with Gasteiger partial charge in [0, 0.05) is 6.54 Å². The zero-order chi connectivity index (χ0) is 13.1. The molecule has 1 amide bonds. The number of rotatable bonds is 9. The lowest BCUT2D eigenvalue weighted by Crippen LogP contribution is -2.36. The summed E-state index contributed by atoms with van der Waals surface area (Å²) in [7, 11) is 0. The lowest BCUT2D eigenvalue weighted by molar-refractivity contribution is 0.193. The van der Waals surface area contributed by atoms with Gasteiger partial charge >= 0.3 is 5.37 Å². The third kappa shape index (κ3) is 7.14. The van der Waals surface area contributed by atoms with Gasteiger partial charge in [-0.25, -0.2) is 4.79 Å². The number of aliphatic imine (C=N–C) groups is 1. The second kappa shape index (κ2) is 10.3. The van der Waals surface area contributed by atoms with E-state index in [0.29, 0.717) is 13.0 Å². The van der Waals surface area contributed by atoms with Crippen molar-refractivity contribution in [3.8, 4) is 0 Å². The summed E-state index contributed by atoms with van der Waals surface area (Å²) in [5.74, 6) is 0. The predicted molar refractivity (Wildman–Crippen MR) is 68.9 cm³/mol. The van der Waals surface area contributed by atoms with Crippen LogP contribution in [0.25, 0.3) is 0 Å². The van der Waals surface area contributed by atoms with Crippen LogP contribution in [0.2, 0.25) is 0 Å². The van der Waals surface area contributed by atoms with Crippen molar-refractivity contribution in [2.45, 2.75) is 58.5 Å². The lowest BCUT2D eigenvalue weighted by atomic mass is 10.2. The highest BCUT2D eigenvalue weighted by Gasteiger charge is 2.20. The first kappa shape index (κ1) is 16.1. The van der Waals surface area contributed by atoms with E-state index in [1.165, 1.54) is 11.0 Å². The van der Waals surface area contributed by atoms with Crippen molar-refractivity contribution >= 4 is 23.0 Å². The Hall–Kier alpha value is -0.860. The standard InChI is InChI=1S/C12H21ClN2O2/c1-3-5-6-7-9-15(12(13)17)11(8-4-2)14-10-16/h11H,3-9H2,1-2H3. The molecule has 0 aliphatic rings. The van der Waals surface area contributed by atoms with E-state index in [1.54, 1.807) is 0 Å². The number of isocyanates is 1. The Bertz CT molecular complexity index is 265. The molecule has 0 aliphatic carbocycles. The molecule has 1 atom stereocenters. The van der Waals surface area contributed by atoms with E-state index in [-0.39, 0.29) is 0 Å². The van der Waals surface area contributed by atoms with Gasteiger partial charge in [0.05, 0.1) is 0 Å². The number of carbonyl (C=O) groups is 1. The summed E-state index contributed by atoms with van der Waals surface area (Å²) in [6.45, 7) is 4.65. The van der Waals surface area contributed by atoms with Crippen molar-refractivity contribution in [1.29, 1.82) is 0 Å². The molecule has 0 fully saturated rings. The van der Waals surface area contributed by atoms with E-state index in [2.05, 4.69) is 11.9 Å². The Kier molecular flexibility index (Phi) is 9.78. The van der Waals surface area contributed by atoms with Gasteiger partial charge in [-0.1, -0.05) is 39.5 Å². The highest BCUT2D eigenvalue weighted by Crippen LogP contribution is 2.13. The minimum Gasteiger partial charge on any atom is -0.306 e. The largest absolute Gasteiger partial charge is 0.318 e. The molecule has 98 valence electrons. The fourth-order valence-electron chi connectivity index (χ4n) is 1.67. The number of halogens is 1. The monoisotopic (exact) mass is 260 g/mol. The molecule has 1 unspecified atom stereocenters. The molecule has 0 N–H and O–H groups in total. The number of hydrogen-bond donors (Lipinski definition) is 0. The van der Waals surface area contributed by atoms with E-state index >= 15 is 0 Å². The fourth-order valence-corrected chi connectivity index (χ4v) is 1.87. The molecular weight excluding hydrogens is 240 g/mol. The van der Waals surface area contributed by atoms with E-state index in [1.807, 2.05) is 6.92 Å². The summed E-state index contributed by atoms with van der Waals surface area (Å²) >= 11 is 5.52. The Labute approximate surface area is 108 Å². The number of carbonyl (C=O) groups excluding carboxylic acids is 2.